The van der Waals surface area contributed by atoms with E-state index in [4.69, 9.17) is 4.74 Å². The molecule has 0 radical (unpaired) electrons. The van der Waals surface area contributed by atoms with Crippen LogP contribution in [0.5, 0.6) is 0 Å². The summed E-state index contributed by atoms with van der Waals surface area (Å²) in [5.74, 6) is 0. The van der Waals surface area contributed by atoms with Gasteiger partial charge in [-0.2, -0.15) is 0 Å². The van der Waals surface area contributed by atoms with E-state index in [9.17, 15) is 4.79 Å². The quantitative estimate of drug-likeness (QED) is 0.761. The lowest BCUT2D eigenvalue weighted by Crippen LogP contribution is -2.57. The van der Waals surface area contributed by atoms with Gasteiger partial charge in [0.25, 0.3) is 0 Å². The zero-order chi connectivity index (χ0) is 13.7. The summed E-state index contributed by atoms with van der Waals surface area (Å²) < 4.78 is 5.13. The summed E-state index contributed by atoms with van der Waals surface area (Å²) in [7, 11) is 0. The van der Waals surface area contributed by atoms with Gasteiger partial charge in [0.05, 0.1) is 6.61 Å². The van der Waals surface area contributed by atoms with Crippen molar-refractivity contribution in [2.24, 2.45) is 0 Å². The number of likely N-dealkylation sites (tertiary alicyclic amines) is 1. The smallest absolute Gasteiger partial charge is 0.410 e. The van der Waals surface area contributed by atoms with Crippen LogP contribution in [0.15, 0.2) is 0 Å². The third kappa shape index (κ3) is 3.16. The van der Waals surface area contributed by atoms with Gasteiger partial charge in [-0.05, 0) is 33.6 Å². The predicted octanol–water partition coefficient (Wildman–Crippen LogP) is 2.73. The Morgan fingerprint density at radius 2 is 1.72 bits per heavy atom. The van der Waals surface area contributed by atoms with E-state index in [2.05, 4.69) is 18.7 Å². The van der Waals surface area contributed by atoms with Crippen molar-refractivity contribution >= 4 is 6.09 Å². The van der Waals surface area contributed by atoms with Crippen LogP contribution in [0.1, 0.15) is 47.5 Å². The molecule has 0 aromatic rings. The number of carbonyl (C=O) groups excluding carboxylic acids is 1. The average molecular weight is 256 g/mol. The molecule has 4 heteroatoms. The number of amides is 1. The van der Waals surface area contributed by atoms with E-state index < -0.39 is 0 Å². The molecule has 0 aromatic heterocycles. The number of hydrogen-bond donors (Lipinski definition) is 0. The number of rotatable bonds is 2. The minimum absolute atomic E-state index is 0.113. The topological polar surface area (TPSA) is 32.8 Å². The number of fused-ring (bicyclic) bond motifs is 2. The molecular formula is C14H28N2O2. The molecule has 2 fully saturated rings. The highest BCUT2D eigenvalue weighted by molar-refractivity contribution is 5.69. The fraction of sp³-hybridized carbons (Fsp3) is 0.929. The molecule has 2 aliphatic heterocycles. The highest BCUT2D eigenvalue weighted by Crippen LogP contribution is 2.31. The lowest BCUT2D eigenvalue weighted by Gasteiger charge is -2.42. The van der Waals surface area contributed by atoms with Crippen LogP contribution in [-0.4, -0.2) is 53.7 Å². The minimum Gasteiger partial charge on any atom is -0.450 e. The first-order valence-corrected chi connectivity index (χ1v) is 7.32. The van der Waals surface area contributed by atoms with Crippen molar-refractivity contribution in [3.05, 3.63) is 0 Å². The SMILES string of the molecule is CC.CCOC(=O)N1C2CCC1CN(C(C)C)C2. The summed E-state index contributed by atoms with van der Waals surface area (Å²) in [5.41, 5.74) is 0. The fourth-order valence-electron chi connectivity index (χ4n) is 2.85. The molecule has 2 bridgehead atoms. The van der Waals surface area contributed by atoms with Gasteiger partial charge in [0.15, 0.2) is 0 Å². The fourth-order valence-corrected chi connectivity index (χ4v) is 2.85. The molecule has 0 aliphatic carbocycles. The first kappa shape index (κ1) is 15.3. The molecule has 106 valence electrons. The molecule has 4 nitrogen and oxygen atoms in total. The Morgan fingerprint density at radius 1 is 1.22 bits per heavy atom. The molecule has 2 rings (SSSR count). The van der Waals surface area contributed by atoms with E-state index in [0.29, 0.717) is 24.7 Å². The van der Waals surface area contributed by atoms with Gasteiger partial charge in [-0.1, -0.05) is 13.8 Å². The van der Waals surface area contributed by atoms with E-state index in [1.165, 1.54) is 0 Å². The Bertz CT molecular complexity index is 255. The largest absolute Gasteiger partial charge is 0.450 e. The van der Waals surface area contributed by atoms with Gasteiger partial charge in [0.2, 0.25) is 0 Å². The first-order valence-electron chi connectivity index (χ1n) is 7.32. The average Bonchev–Trinajstić information content (AvgIpc) is 2.62. The van der Waals surface area contributed by atoms with Crippen molar-refractivity contribution in [1.82, 2.24) is 9.80 Å². The van der Waals surface area contributed by atoms with Gasteiger partial charge in [-0.15, -0.1) is 0 Å². The molecule has 2 atom stereocenters. The number of nitrogens with zero attached hydrogens (tertiary/aromatic N) is 2. The van der Waals surface area contributed by atoms with Crippen molar-refractivity contribution in [1.29, 1.82) is 0 Å². The van der Waals surface area contributed by atoms with Gasteiger partial charge in [0, 0.05) is 31.2 Å². The predicted molar refractivity (Wildman–Crippen MR) is 73.7 cm³/mol. The molecule has 0 spiro atoms. The zero-order valence-corrected chi connectivity index (χ0v) is 12.5. The van der Waals surface area contributed by atoms with Gasteiger partial charge in [0.1, 0.15) is 0 Å². The van der Waals surface area contributed by atoms with E-state index in [-0.39, 0.29) is 6.09 Å². The number of hydrogen-bond acceptors (Lipinski definition) is 3. The van der Waals surface area contributed by atoms with E-state index in [1.54, 1.807) is 0 Å². The molecule has 2 heterocycles. The summed E-state index contributed by atoms with van der Waals surface area (Å²) in [4.78, 5) is 16.3. The second-order valence-electron chi connectivity index (χ2n) is 5.04. The van der Waals surface area contributed by atoms with Gasteiger partial charge >= 0.3 is 6.09 Å². The lowest BCUT2D eigenvalue weighted by molar-refractivity contribution is 0.0341. The second kappa shape index (κ2) is 6.98. The summed E-state index contributed by atoms with van der Waals surface area (Å²) in [6, 6.07) is 1.33. The van der Waals surface area contributed by atoms with Gasteiger partial charge in [-0.3, -0.25) is 9.80 Å². The minimum atomic E-state index is -0.113. The molecular weight excluding hydrogens is 228 g/mol. The highest BCUT2D eigenvalue weighted by atomic mass is 16.6. The highest BCUT2D eigenvalue weighted by Gasteiger charge is 2.43. The molecule has 2 unspecified atom stereocenters. The Labute approximate surface area is 111 Å². The van der Waals surface area contributed by atoms with E-state index in [0.717, 1.165) is 25.9 Å². The molecule has 1 amide bonds. The normalized spacial score (nSPS) is 26.9. The van der Waals surface area contributed by atoms with Crippen molar-refractivity contribution in [2.75, 3.05) is 19.7 Å². The van der Waals surface area contributed by atoms with Gasteiger partial charge < -0.3 is 4.74 Å². The van der Waals surface area contributed by atoms with Crippen LogP contribution >= 0.6 is 0 Å². The number of ether oxygens (including phenoxy) is 1. The molecule has 18 heavy (non-hydrogen) atoms. The lowest BCUT2D eigenvalue weighted by atomic mass is 10.1. The Balaban J connectivity index is 0.000000771. The standard InChI is InChI=1S/C12H22N2O2.C2H6/c1-4-16-12(15)14-10-5-6-11(14)8-13(7-10)9(2)3;1-2/h9-11H,4-8H2,1-3H3;1-2H3. The monoisotopic (exact) mass is 256 g/mol. The third-order valence-corrected chi connectivity index (χ3v) is 3.72. The zero-order valence-electron chi connectivity index (χ0n) is 12.5. The van der Waals surface area contributed by atoms with Crippen LogP contribution in [0.3, 0.4) is 0 Å². The van der Waals surface area contributed by atoms with Crippen LogP contribution in [0.4, 0.5) is 4.79 Å². The summed E-state index contributed by atoms with van der Waals surface area (Å²) >= 11 is 0. The maximum absolute atomic E-state index is 11.8. The Kier molecular flexibility index (Phi) is 5.93. The van der Waals surface area contributed by atoms with Crippen LogP contribution < -0.4 is 0 Å². The molecule has 2 aliphatic rings. The van der Waals surface area contributed by atoms with Crippen molar-refractivity contribution in [3.63, 3.8) is 0 Å². The van der Waals surface area contributed by atoms with Crippen molar-refractivity contribution in [2.45, 2.75) is 65.6 Å². The van der Waals surface area contributed by atoms with E-state index >= 15 is 0 Å². The summed E-state index contributed by atoms with van der Waals surface area (Å²) in [6.07, 6.45) is 2.15. The Morgan fingerprint density at radius 3 is 2.11 bits per heavy atom. The van der Waals surface area contributed by atoms with Crippen molar-refractivity contribution < 1.29 is 9.53 Å². The van der Waals surface area contributed by atoms with Crippen LogP contribution in [0.2, 0.25) is 0 Å². The maximum atomic E-state index is 11.8. The van der Waals surface area contributed by atoms with Crippen LogP contribution in [0.25, 0.3) is 0 Å². The van der Waals surface area contributed by atoms with Gasteiger partial charge in [-0.25, -0.2) is 4.79 Å². The molecule has 2 saturated heterocycles. The summed E-state index contributed by atoms with van der Waals surface area (Å²) in [6.45, 7) is 12.8. The number of piperazine rings is 1. The molecule has 0 aromatic carbocycles. The van der Waals surface area contributed by atoms with E-state index in [1.807, 2.05) is 25.7 Å². The third-order valence-electron chi connectivity index (χ3n) is 3.72. The Hall–Kier alpha value is -0.770. The second-order valence-corrected chi connectivity index (χ2v) is 5.04. The van der Waals surface area contributed by atoms with Crippen LogP contribution in [0, 0.1) is 0 Å². The molecule has 0 N–H and O–H groups in total. The maximum Gasteiger partial charge on any atom is 0.410 e. The number of carbonyl (C=O) groups is 1. The molecule has 0 saturated carbocycles. The summed E-state index contributed by atoms with van der Waals surface area (Å²) in [5, 5.41) is 0. The van der Waals surface area contributed by atoms with Crippen molar-refractivity contribution in [3.8, 4) is 0 Å². The first-order chi connectivity index (χ1) is 8.63. The van der Waals surface area contributed by atoms with Crippen LogP contribution in [-0.2, 0) is 4.74 Å².